The standard InChI is InChI=1S/C16H13NO3S.CH4/c18-15-10-4-9-14-13(15)8-5-11-16(14)21(19,20)17-12-6-2-1-3-7-12;/h1-11,17-18H;1H4. The number of fused-ring (bicyclic) bond motifs is 1. The minimum Gasteiger partial charge on any atom is -0.507 e. The quantitative estimate of drug-likeness (QED) is 0.768. The zero-order chi connectivity index (χ0) is 14.9. The van der Waals surface area contributed by atoms with Gasteiger partial charge in [-0.25, -0.2) is 8.42 Å². The van der Waals surface area contributed by atoms with Gasteiger partial charge in [0.2, 0.25) is 0 Å². The molecule has 0 heterocycles. The van der Waals surface area contributed by atoms with Crippen molar-refractivity contribution < 1.29 is 13.5 Å². The molecule has 0 unspecified atom stereocenters. The lowest BCUT2D eigenvalue weighted by atomic mass is 10.1. The van der Waals surface area contributed by atoms with E-state index in [9.17, 15) is 13.5 Å². The molecule has 0 radical (unpaired) electrons. The fraction of sp³-hybridized carbons (Fsp3) is 0.0588. The van der Waals surface area contributed by atoms with E-state index in [2.05, 4.69) is 4.72 Å². The number of benzene rings is 3. The van der Waals surface area contributed by atoms with Crippen molar-refractivity contribution in [2.75, 3.05) is 4.72 Å². The van der Waals surface area contributed by atoms with E-state index in [-0.39, 0.29) is 18.1 Å². The van der Waals surface area contributed by atoms with Gasteiger partial charge in [-0.15, -0.1) is 0 Å². The summed E-state index contributed by atoms with van der Waals surface area (Å²) in [5, 5.41) is 10.8. The molecule has 4 nitrogen and oxygen atoms in total. The van der Waals surface area contributed by atoms with Gasteiger partial charge in [-0.05, 0) is 24.3 Å². The maximum absolute atomic E-state index is 12.5. The summed E-state index contributed by atoms with van der Waals surface area (Å²) in [6, 6.07) is 18.3. The molecule has 2 N–H and O–H groups in total. The highest BCUT2D eigenvalue weighted by atomic mass is 32.2. The van der Waals surface area contributed by atoms with E-state index in [0.29, 0.717) is 16.5 Å². The SMILES string of the molecule is C.O=S(=O)(Nc1ccccc1)c1cccc2c(O)cccc12. The van der Waals surface area contributed by atoms with E-state index in [0.717, 1.165) is 0 Å². The van der Waals surface area contributed by atoms with Crippen molar-refractivity contribution in [3.8, 4) is 5.75 Å². The molecule has 0 aliphatic carbocycles. The number of rotatable bonds is 3. The van der Waals surface area contributed by atoms with Gasteiger partial charge in [-0.3, -0.25) is 4.72 Å². The summed E-state index contributed by atoms with van der Waals surface area (Å²) in [5.74, 6) is 0.0595. The normalized spacial score (nSPS) is 10.9. The molecule has 0 aliphatic heterocycles. The minimum atomic E-state index is -3.72. The van der Waals surface area contributed by atoms with E-state index in [4.69, 9.17) is 0 Å². The van der Waals surface area contributed by atoms with Crippen molar-refractivity contribution in [1.82, 2.24) is 0 Å². The first-order valence-electron chi connectivity index (χ1n) is 6.36. The minimum absolute atomic E-state index is 0. The summed E-state index contributed by atoms with van der Waals surface area (Å²) in [5.41, 5.74) is 0.495. The van der Waals surface area contributed by atoms with E-state index in [1.54, 1.807) is 48.5 Å². The lowest BCUT2D eigenvalue weighted by Gasteiger charge is -2.11. The lowest BCUT2D eigenvalue weighted by Crippen LogP contribution is -2.13. The van der Waals surface area contributed by atoms with Gasteiger partial charge in [0.15, 0.2) is 0 Å². The van der Waals surface area contributed by atoms with E-state index in [1.807, 2.05) is 6.07 Å². The van der Waals surface area contributed by atoms with E-state index in [1.165, 1.54) is 12.1 Å². The average Bonchev–Trinajstić information content (AvgIpc) is 2.48. The molecular formula is C17H17NO3S. The van der Waals surface area contributed by atoms with Crippen LogP contribution in [0.25, 0.3) is 10.8 Å². The molecule has 3 aromatic carbocycles. The van der Waals surface area contributed by atoms with Crippen LogP contribution in [0.4, 0.5) is 5.69 Å². The molecule has 0 bridgehead atoms. The van der Waals surface area contributed by atoms with Gasteiger partial charge in [-0.2, -0.15) is 0 Å². The summed E-state index contributed by atoms with van der Waals surface area (Å²) in [7, 11) is -3.72. The fourth-order valence-electron chi connectivity index (χ4n) is 2.22. The Labute approximate surface area is 130 Å². The number of aromatic hydroxyl groups is 1. The highest BCUT2D eigenvalue weighted by Gasteiger charge is 2.18. The lowest BCUT2D eigenvalue weighted by molar-refractivity contribution is 0.481. The number of nitrogens with one attached hydrogen (secondary N) is 1. The van der Waals surface area contributed by atoms with Crippen LogP contribution in [-0.2, 0) is 10.0 Å². The van der Waals surface area contributed by atoms with Crippen LogP contribution in [0.5, 0.6) is 5.75 Å². The van der Waals surface area contributed by atoms with Gasteiger partial charge in [0, 0.05) is 16.5 Å². The van der Waals surface area contributed by atoms with Crippen LogP contribution in [0.1, 0.15) is 7.43 Å². The van der Waals surface area contributed by atoms with Crippen molar-refractivity contribution in [1.29, 1.82) is 0 Å². The predicted octanol–water partition coefficient (Wildman–Crippen LogP) is 3.98. The molecule has 22 heavy (non-hydrogen) atoms. The monoisotopic (exact) mass is 315 g/mol. The van der Waals surface area contributed by atoms with Gasteiger partial charge in [0.25, 0.3) is 10.0 Å². The first-order valence-corrected chi connectivity index (χ1v) is 7.85. The Morgan fingerprint density at radius 2 is 1.41 bits per heavy atom. The summed E-state index contributed by atoms with van der Waals surface area (Å²) < 4.78 is 27.6. The van der Waals surface area contributed by atoms with Gasteiger partial charge >= 0.3 is 0 Å². The molecule has 0 atom stereocenters. The third kappa shape index (κ3) is 2.89. The van der Waals surface area contributed by atoms with Crippen LogP contribution in [0, 0.1) is 0 Å². The molecule has 0 aromatic heterocycles. The van der Waals surface area contributed by atoms with Crippen molar-refractivity contribution in [2.45, 2.75) is 12.3 Å². The zero-order valence-corrected chi connectivity index (χ0v) is 11.8. The van der Waals surface area contributed by atoms with Crippen LogP contribution < -0.4 is 4.72 Å². The van der Waals surface area contributed by atoms with Crippen LogP contribution in [0.15, 0.2) is 71.6 Å². The Balaban J connectivity index is 0.00000176. The number of sulfonamides is 1. The molecule has 0 aliphatic rings. The number of hydrogen-bond donors (Lipinski definition) is 2. The molecule has 3 rings (SSSR count). The van der Waals surface area contributed by atoms with Gasteiger partial charge in [-0.1, -0.05) is 49.9 Å². The van der Waals surface area contributed by atoms with Gasteiger partial charge in [0.05, 0.1) is 4.90 Å². The number of anilines is 1. The third-order valence-electron chi connectivity index (χ3n) is 3.17. The smallest absolute Gasteiger partial charge is 0.262 e. The Morgan fingerprint density at radius 3 is 2.14 bits per heavy atom. The van der Waals surface area contributed by atoms with Crippen LogP contribution in [-0.4, -0.2) is 13.5 Å². The maximum Gasteiger partial charge on any atom is 0.262 e. The second-order valence-corrected chi connectivity index (χ2v) is 6.25. The zero-order valence-electron chi connectivity index (χ0n) is 11.0. The second kappa shape index (κ2) is 6.07. The Bertz CT molecular complexity index is 890. The van der Waals surface area contributed by atoms with E-state index >= 15 is 0 Å². The molecule has 0 saturated heterocycles. The summed E-state index contributed by atoms with van der Waals surface area (Å²) >= 11 is 0. The molecule has 0 spiro atoms. The molecule has 3 aromatic rings. The topological polar surface area (TPSA) is 66.4 Å². The van der Waals surface area contributed by atoms with Crippen LogP contribution in [0.3, 0.4) is 0 Å². The largest absolute Gasteiger partial charge is 0.507 e. The molecular weight excluding hydrogens is 298 g/mol. The van der Waals surface area contributed by atoms with Crippen molar-refractivity contribution >= 4 is 26.5 Å². The fourth-order valence-corrected chi connectivity index (χ4v) is 3.50. The van der Waals surface area contributed by atoms with Crippen LogP contribution >= 0.6 is 0 Å². The van der Waals surface area contributed by atoms with Gasteiger partial charge in [0.1, 0.15) is 5.75 Å². The predicted molar refractivity (Wildman–Crippen MR) is 89.6 cm³/mol. The Morgan fingerprint density at radius 1 is 0.773 bits per heavy atom. The number of hydrogen-bond acceptors (Lipinski definition) is 3. The molecule has 114 valence electrons. The summed E-state index contributed by atoms with van der Waals surface area (Å²) in [4.78, 5) is 0.139. The third-order valence-corrected chi connectivity index (χ3v) is 4.61. The Kier molecular flexibility index (Phi) is 4.37. The van der Waals surface area contributed by atoms with Gasteiger partial charge < -0.3 is 5.11 Å². The van der Waals surface area contributed by atoms with Crippen molar-refractivity contribution in [2.24, 2.45) is 0 Å². The molecule has 0 saturated carbocycles. The highest BCUT2D eigenvalue weighted by Crippen LogP contribution is 2.30. The second-order valence-electron chi connectivity index (χ2n) is 4.60. The first kappa shape index (κ1) is 15.9. The average molecular weight is 315 g/mol. The van der Waals surface area contributed by atoms with Crippen LogP contribution in [0.2, 0.25) is 0 Å². The number of para-hydroxylation sites is 1. The first-order chi connectivity index (χ1) is 10.1. The maximum atomic E-state index is 12.5. The van der Waals surface area contributed by atoms with E-state index < -0.39 is 10.0 Å². The summed E-state index contributed by atoms with van der Waals surface area (Å²) in [6.07, 6.45) is 0. The molecule has 0 fully saturated rings. The van der Waals surface area contributed by atoms with Crippen molar-refractivity contribution in [3.05, 3.63) is 66.7 Å². The highest BCUT2D eigenvalue weighted by molar-refractivity contribution is 7.93. The molecule has 5 heteroatoms. The Hall–Kier alpha value is -2.53. The molecule has 0 amide bonds. The van der Waals surface area contributed by atoms with Crippen molar-refractivity contribution in [3.63, 3.8) is 0 Å². The summed E-state index contributed by atoms with van der Waals surface area (Å²) in [6.45, 7) is 0. The number of phenolic OH excluding ortho intramolecular Hbond substituents is 1. The number of phenols is 1.